The highest BCUT2D eigenvalue weighted by molar-refractivity contribution is 5.21. The van der Waals surface area contributed by atoms with Crippen molar-refractivity contribution in [1.29, 1.82) is 0 Å². The summed E-state index contributed by atoms with van der Waals surface area (Å²) in [5.41, 5.74) is 3.11. The van der Waals surface area contributed by atoms with E-state index in [-0.39, 0.29) is 18.0 Å². The summed E-state index contributed by atoms with van der Waals surface area (Å²) in [7, 11) is 0. The third-order valence-corrected chi connectivity index (χ3v) is 2.32. The van der Waals surface area contributed by atoms with Gasteiger partial charge in [0.15, 0.2) is 0 Å². The minimum atomic E-state index is -0.328. The average Bonchev–Trinajstić information content (AvgIpc) is 2.22. The van der Waals surface area contributed by atoms with Crippen molar-refractivity contribution in [1.82, 2.24) is 5.43 Å². The Balaban J connectivity index is 2.87. The fourth-order valence-electron chi connectivity index (χ4n) is 1.56. The van der Waals surface area contributed by atoms with Crippen molar-refractivity contribution in [2.75, 3.05) is 6.61 Å². The van der Waals surface area contributed by atoms with Crippen LogP contribution in [0, 0.1) is 5.82 Å². The van der Waals surface area contributed by atoms with E-state index in [1.807, 2.05) is 13.8 Å². The Hall–Kier alpha value is -0.970. The lowest BCUT2D eigenvalue weighted by Gasteiger charge is -2.23. The number of ether oxygens (including phenoxy) is 1. The van der Waals surface area contributed by atoms with Crippen LogP contribution >= 0.6 is 0 Å². The summed E-state index contributed by atoms with van der Waals surface area (Å²) >= 11 is 0. The predicted octanol–water partition coefficient (Wildman–Crippen LogP) is 1.76. The zero-order valence-electron chi connectivity index (χ0n) is 9.03. The van der Waals surface area contributed by atoms with E-state index in [0.29, 0.717) is 12.2 Å². The summed E-state index contributed by atoms with van der Waals surface area (Å²) in [6, 6.07) is 6.22. The number of hydrazine groups is 1. The molecule has 3 nitrogen and oxygen atoms in total. The monoisotopic (exact) mass is 212 g/mol. The maximum absolute atomic E-state index is 13.5. The van der Waals surface area contributed by atoms with E-state index < -0.39 is 0 Å². The van der Waals surface area contributed by atoms with Crippen LogP contribution in [0.5, 0.6) is 0 Å². The molecule has 1 aromatic rings. The van der Waals surface area contributed by atoms with E-state index in [1.54, 1.807) is 18.2 Å². The lowest BCUT2D eigenvalue weighted by molar-refractivity contribution is 0.0463. The molecule has 0 bridgehead atoms. The molecule has 2 atom stereocenters. The summed E-state index contributed by atoms with van der Waals surface area (Å²) in [6.07, 6.45) is -0.170. The molecule has 3 N–H and O–H groups in total. The second kappa shape index (κ2) is 5.80. The highest BCUT2D eigenvalue weighted by Crippen LogP contribution is 2.20. The normalized spacial score (nSPS) is 14.9. The van der Waals surface area contributed by atoms with Crippen LogP contribution in [-0.2, 0) is 4.74 Å². The summed E-state index contributed by atoms with van der Waals surface area (Å²) in [6.45, 7) is 4.33. The zero-order valence-corrected chi connectivity index (χ0v) is 9.03. The van der Waals surface area contributed by atoms with Gasteiger partial charge in [-0.1, -0.05) is 18.2 Å². The number of hydrogen-bond acceptors (Lipinski definition) is 3. The summed E-state index contributed by atoms with van der Waals surface area (Å²) in [5.74, 6) is 5.14. The van der Waals surface area contributed by atoms with E-state index in [9.17, 15) is 4.39 Å². The predicted molar refractivity (Wildman–Crippen MR) is 57.6 cm³/mol. The minimum Gasteiger partial charge on any atom is -0.377 e. The molecule has 84 valence electrons. The molecule has 0 saturated carbocycles. The van der Waals surface area contributed by atoms with E-state index >= 15 is 0 Å². The topological polar surface area (TPSA) is 47.3 Å². The van der Waals surface area contributed by atoms with Crippen LogP contribution in [-0.4, -0.2) is 12.7 Å². The molecule has 1 rings (SSSR count). The van der Waals surface area contributed by atoms with Gasteiger partial charge in [0.1, 0.15) is 5.82 Å². The number of nitrogens with two attached hydrogens (primary N) is 1. The summed E-state index contributed by atoms with van der Waals surface area (Å²) in [4.78, 5) is 0. The first-order valence-electron chi connectivity index (χ1n) is 5.02. The van der Waals surface area contributed by atoms with Crippen LogP contribution in [0.2, 0.25) is 0 Å². The standard InChI is InChI=1S/C11H17FN2O/c1-3-15-8(2)11(14-13)9-6-4-5-7-10(9)12/h4-8,11,14H,3,13H2,1-2H3. The van der Waals surface area contributed by atoms with Crippen LogP contribution in [0.4, 0.5) is 4.39 Å². The fourth-order valence-corrected chi connectivity index (χ4v) is 1.56. The maximum atomic E-state index is 13.5. The molecular weight excluding hydrogens is 195 g/mol. The van der Waals surface area contributed by atoms with Crippen LogP contribution < -0.4 is 11.3 Å². The van der Waals surface area contributed by atoms with E-state index in [4.69, 9.17) is 10.6 Å². The summed E-state index contributed by atoms with van der Waals surface area (Å²) < 4.78 is 18.9. The van der Waals surface area contributed by atoms with Crippen LogP contribution in [0.25, 0.3) is 0 Å². The highest BCUT2D eigenvalue weighted by Gasteiger charge is 2.20. The lowest BCUT2D eigenvalue weighted by Crippen LogP contribution is -2.37. The Labute approximate surface area is 89.4 Å². The molecule has 1 aromatic carbocycles. The second-order valence-electron chi connectivity index (χ2n) is 3.33. The largest absolute Gasteiger partial charge is 0.377 e. The molecule has 15 heavy (non-hydrogen) atoms. The Morgan fingerprint density at radius 1 is 1.47 bits per heavy atom. The molecule has 0 aliphatic rings. The van der Waals surface area contributed by atoms with Crippen LogP contribution in [0.1, 0.15) is 25.5 Å². The molecule has 0 aromatic heterocycles. The number of halogens is 1. The number of rotatable bonds is 5. The maximum Gasteiger partial charge on any atom is 0.128 e. The highest BCUT2D eigenvalue weighted by atomic mass is 19.1. The molecule has 0 radical (unpaired) electrons. The Kier molecular flexibility index (Phi) is 4.68. The van der Waals surface area contributed by atoms with E-state index in [2.05, 4.69) is 5.43 Å². The van der Waals surface area contributed by atoms with Gasteiger partial charge in [-0.15, -0.1) is 0 Å². The van der Waals surface area contributed by atoms with Crippen molar-refractivity contribution in [3.63, 3.8) is 0 Å². The summed E-state index contributed by atoms with van der Waals surface area (Å²) in [5, 5.41) is 0. The van der Waals surface area contributed by atoms with E-state index in [1.165, 1.54) is 6.07 Å². The first kappa shape index (κ1) is 12.1. The lowest BCUT2D eigenvalue weighted by atomic mass is 10.0. The Morgan fingerprint density at radius 2 is 2.13 bits per heavy atom. The van der Waals surface area contributed by atoms with Gasteiger partial charge in [0, 0.05) is 12.2 Å². The van der Waals surface area contributed by atoms with Gasteiger partial charge in [0.25, 0.3) is 0 Å². The van der Waals surface area contributed by atoms with Crippen molar-refractivity contribution >= 4 is 0 Å². The van der Waals surface area contributed by atoms with Crippen molar-refractivity contribution < 1.29 is 9.13 Å². The van der Waals surface area contributed by atoms with E-state index in [0.717, 1.165) is 0 Å². The van der Waals surface area contributed by atoms with Gasteiger partial charge < -0.3 is 4.74 Å². The van der Waals surface area contributed by atoms with Gasteiger partial charge in [-0.2, -0.15) is 0 Å². The Morgan fingerprint density at radius 3 is 2.67 bits per heavy atom. The molecule has 4 heteroatoms. The van der Waals surface area contributed by atoms with Crippen molar-refractivity contribution in [2.45, 2.75) is 26.0 Å². The molecule has 2 unspecified atom stereocenters. The minimum absolute atomic E-state index is 0.170. The smallest absolute Gasteiger partial charge is 0.128 e. The quantitative estimate of drug-likeness (QED) is 0.577. The zero-order chi connectivity index (χ0) is 11.3. The number of nitrogens with one attached hydrogen (secondary N) is 1. The second-order valence-corrected chi connectivity index (χ2v) is 3.33. The van der Waals surface area contributed by atoms with Gasteiger partial charge in [0.05, 0.1) is 12.1 Å². The van der Waals surface area contributed by atoms with Gasteiger partial charge in [-0.3, -0.25) is 11.3 Å². The van der Waals surface area contributed by atoms with Gasteiger partial charge in [-0.25, -0.2) is 4.39 Å². The SMILES string of the molecule is CCOC(C)C(NN)c1ccccc1F. The molecule has 0 spiro atoms. The first-order valence-corrected chi connectivity index (χ1v) is 5.02. The molecule has 0 fully saturated rings. The number of benzene rings is 1. The molecule has 0 aliphatic heterocycles. The molecule has 0 amide bonds. The third-order valence-electron chi connectivity index (χ3n) is 2.32. The fraction of sp³-hybridized carbons (Fsp3) is 0.455. The van der Waals surface area contributed by atoms with Crippen LogP contribution in [0.3, 0.4) is 0 Å². The first-order chi connectivity index (χ1) is 7.20. The number of hydrogen-bond donors (Lipinski definition) is 2. The van der Waals surface area contributed by atoms with Crippen molar-refractivity contribution in [2.24, 2.45) is 5.84 Å². The molecule has 0 aliphatic carbocycles. The third kappa shape index (κ3) is 2.99. The van der Waals surface area contributed by atoms with Gasteiger partial charge >= 0.3 is 0 Å². The molecule has 0 saturated heterocycles. The molecule has 0 heterocycles. The Bertz CT molecular complexity index is 306. The molecular formula is C11H17FN2O. The van der Waals surface area contributed by atoms with Crippen LogP contribution in [0.15, 0.2) is 24.3 Å². The average molecular weight is 212 g/mol. The van der Waals surface area contributed by atoms with Gasteiger partial charge in [0.2, 0.25) is 0 Å². The van der Waals surface area contributed by atoms with Crippen molar-refractivity contribution in [3.8, 4) is 0 Å². The van der Waals surface area contributed by atoms with Crippen molar-refractivity contribution in [3.05, 3.63) is 35.6 Å². The van der Waals surface area contributed by atoms with Gasteiger partial charge in [-0.05, 0) is 19.9 Å².